The zero-order valence-corrected chi connectivity index (χ0v) is 8.97. The molecule has 0 saturated carbocycles. The predicted octanol–water partition coefficient (Wildman–Crippen LogP) is 3.48. The van der Waals surface area contributed by atoms with Gasteiger partial charge in [-0.2, -0.15) is 0 Å². The van der Waals surface area contributed by atoms with Crippen molar-refractivity contribution in [2.75, 3.05) is 0 Å². The van der Waals surface area contributed by atoms with Crippen molar-refractivity contribution in [3.05, 3.63) is 60.5 Å². The summed E-state index contributed by atoms with van der Waals surface area (Å²) in [5.41, 5.74) is 1.88. The van der Waals surface area contributed by atoms with Crippen molar-refractivity contribution in [2.45, 2.75) is 0 Å². The molecule has 0 aliphatic rings. The van der Waals surface area contributed by atoms with Gasteiger partial charge in [-0.15, -0.1) is 0 Å². The number of fused-ring (bicyclic) bond motifs is 1. The van der Waals surface area contributed by atoms with Gasteiger partial charge in [0, 0.05) is 17.3 Å². The van der Waals surface area contributed by atoms with Gasteiger partial charge < -0.3 is 9.67 Å². The Labute approximate surface area is 97.5 Å². The maximum atomic E-state index is 13.1. The Balaban J connectivity index is 2.21. The molecular formula is C14H10FNO. The number of hydrogen-bond acceptors (Lipinski definition) is 1. The van der Waals surface area contributed by atoms with E-state index in [-0.39, 0.29) is 11.6 Å². The molecule has 3 aromatic rings. The van der Waals surface area contributed by atoms with Gasteiger partial charge in [-0.05, 0) is 48.5 Å². The first-order valence-corrected chi connectivity index (χ1v) is 5.30. The first-order chi connectivity index (χ1) is 8.24. The predicted molar refractivity (Wildman–Crippen MR) is 64.9 cm³/mol. The molecule has 0 spiro atoms. The first-order valence-electron chi connectivity index (χ1n) is 5.30. The second-order valence-corrected chi connectivity index (χ2v) is 3.91. The van der Waals surface area contributed by atoms with E-state index in [9.17, 15) is 9.50 Å². The maximum Gasteiger partial charge on any atom is 0.123 e. The van der Waals surface area contributed by atoms with E-state index in [4.69, 9.17) is 0 Å². The highest BCUT2D eigenvalue weighted by molar-refractivity contribution is 5.82. The molecule has 1 N–H and O–H groups in total. The van der Waals surface area contributed by atoms with Crippen LogP contribution in [-0.4, -0.2) is 9.67 Å². The Kier molecular flexibility index (Phi) is 2.11. The zero-order chi connectivity index (χ0) is 11.8. The Morgan fingerprint density at radius 1 is 0.941 bits per heavy atom. The normalized spacial score (nSPS) is 10.9. The molecule has 2 nitrogen and oxygen atoms in total. The van der Waals surface area contributed by atoms with E-state index in [0.29, 0.717) is 0 Å². The lowest BCUT2D eigenvalue weighted by Gasteiger charge is -2.05. The summed E-state index contributed by atoms with van der Waals surface area (Å²) in [4.78, 5) is 0. The highest BCUT2D eigenvalue weighted by atomic mass is 19.1. The Morgan fingerprint density at radius 3 is 2.47 bits per heavy atom. The Hall–Kier alpha value is -2.29. The fourth-order valence-corrected chi connectivity index (χ4v) is 1.95. The van der Waals surface area contributed by atoms with Crippen molar-refractivity contribution in [2.24, 2.45) is 0 Å². The van der Waals surface area contributed by atoms with E-state index < -0.39 is 0 Å². The summed E-state index contributed by atoms with van der Waals surface area (Å²) in [5, 5.41) is 10.1. The van der Waals surface area contributed by atoms with Crippen LogP contribution < -0.4 is 0 Å². The van der Waals surface area contributed by atoms with Crippen molar-refractivity contribution in [3.8, 4) is 11.4 Å². The first kappa shape index (κ1) is 9.90. The molecule has 84 valence electrons. The number of benzene rings is 2. The number of aromatic nitrogens is 1. The maximum absolute atomic E-state index is 13.1. The summed E-state index contributed by atoms with van der Waals surface area (Å²) in [6.45, 7) is 0. The third-order valence-electron chi connectivity index (χ3n) is 2.78. The van der Waals surface area contributed by atoms with Crippen LogP contribution in [0.4, 0.5) is 4.39 Å². The monoisotopic (exact) mass is 227 g/mol. The van der Waals surface area contributed by atoms with E-state index in [2.05, 4.69) is 0 Å². The molecule has 0 aliphatic heterocycles. The van der Waals surface area contributed by atoms with E-state index >= 15 is 0 Å². The summed E-state index contributed by atoms with van der Waals surface area (Å²) >= 11 is 0. The van der Waals surface area contributed by atoms with Crippen LogP contribution in [0.5, 0.6) is 5.75 Å². The van der Waals surface area contributed by atoms with Crippen LogP contribution in [-0.2, 0) is 0 Å². The molecule has 0 amide bonds. The van der Waals surface area contributed by atoms with E-state index in [0.717, 1.165) is 16.6 Å². The lowest BCUT2D eigenvalue weighted by Crippen LogP contribution is -1.90. The standard InChI is InChI=1S/C14H10FNO/c15-11-1-6-14-10(9-11)7-8-16(14)12-2-4-13(17)5-3-12/h1-9,17H. The number of phenols is 1. The van der Waals surface area contributed by atoms with Crippen LogP contribution in [0.2, 0.25) is 0 Å². The van der Waals surface area contributed by atoms with Crippen molar-refractivity contribution < 1.29 is 9.50 Å². The van der Waals surface area contributed by atoms with Crippen LogP contribution in [0.3, 0.4) is 0 Å². The number of aromatic hydroxyl groups is 1. The van der Waals surface area contributed by atoms with Gasteiger partial charge in [0.1, 0.15) is 11.6 Å². The molecular weight excluding hydrogens is 217 g/mol. The molecule has 1 heterocycles. The van der Waals surface area contributed by atoms with Gasteiger partial charge in [0.2, 0.25) is 0 Å². The van der Waals surface area contributed by atoms with Crippen molar-refractivity contribution >= 4 is 10.9 Å². The second kappa shape index (κ2) is 3.63. The van der Waals surface area contributed by atoms with Gasteiger partial charge in [-0.25, -0.2) is 4.39 Å². The average Bonchev–Trinajstić information content (AvgIpc) is 2.73. The van der Waals surface area contributed by atoms with Crippen molar-refractivity contribution in [1.29, 1.82) is 0 Å². The molecule has 0 fully saturated rings. The summed E-state index contributed by atoms with van der Waals surface area (Å²) in [5.74, 6) is -0.00258. The molecule has 17 heavy (non-hydrogen) atoms. The molecule has 3 heteroatoms. The van der Waals surface area contributed by atoms with Gasteiger partial charge in [0.15, 0.2) is 0 Å². The Bertz CT molecular complexity index is 670. The molecule has 0 bridgehead atoms. The highest BCUT2D eigenvalue weighted by Crippen LogP contribution is 2.22. The minimum Gasteiger partial charge on any atom is -0.508 e. The van der Waals surface area contributed by atoms with Crippen LogP contribution in [0.15, 0.2) is 54.7 Å². The molecule has 0 aliphatic carbocycles. The summed E-state index contributed by atoms with van der Waals surface area (Å²) in [6, 6.07) is 13.5. The number of phenolic OH excluding ortho intramolecular Hbond substituents is 1. The summed E-state index contributed by atoms with van der Waals surface area (Å²) in [7, 11) is 0. The fraction of sp³-hybridized carbons (Fsp3) is 0. The van der Waals surface area contributed by atoms with Gasteiger partial charge in [-0.3, -0.25) is 0 Å². The van der Waals surface area contributed by atoms with Gasteiger partial charge in [-0.1, -0.05) is 0 Å². The van der Waals surface area contributed by atoms with Crippen molar-refractivity contribution in [3.63, 3.8) is 0 Å². The largest absolute Gasteiger partial charge is 0.508 e. The molecule has 0 saturated heterocycles. The van der Waals surface area contributed by atoms with E-state index in [1.807, 2.05) is 29.0 Å². The number of rotatable bonds is 1. The van der Waals surface area contributed by atoms with Crippen LogP contribution in [0, 0.1) is 5.82 Å². The third-order valence-corrected chi connectivity index (χ3v) is 2.78. The van der Waals surface area contributed by atoms with E-state index in [1.165, 1.54) is 12.1 Å². The number of halogens is 1. The molecule has 0 radical (unpaired) electrons. The second-order valence-electron chi connectivity index (χ2n) is 3.91. The van der Waals surface area contributed by atoms with Crippen molar-refractivity contribution in [1.82, 2.24) is 4.57 Å². The molecule has 0 unspecified atom stereocenters. The Morgan fingerprint density at radius 2 is 1.71 bits per heavy atom. The van der Waals surface area contributed by atoms with Gasteiger partial charge in [0.25, 0.3) is 0 Å². The van der Waals surface area contributed by atoms with Crippen LogP contribution >= 0.6 is 0 Å². The number of nitrogens with zero attached hydrogens (tertiary/aromatic N) is 1. The molecule has 1 aromatic heterocycles. The smallest absolute Gasteiger partial charge is 0.123 e. The molecule has 2 aromatic carbocycles. The minimum atomic E-state index is -0.235. The lowest BCUT2D eigenvalue weighted by atomic mass is 10.2. The molecule has 0 atom stereocenters. The highest BCUT2D eigenvalue weighted by Gasteiger charge is 2.03. The van der Waals surface area contributed by atoms with Gasteiger partial charge >= 0.3 is 0 Å². The SMILES string of the molecule is Oc1ccc(-n2ccc3cc(F)ccc32)cc1. The summed E-state index contributed by atoms with van der Waals surface area (Å²) in [6.07, 6.45) is 1.89. The van der Waals surface area contributed by atoms with Gasteiger partial charge in [0.05, 0.1) is 5.52 Å². The van der Waals surface area contributed by atoms with Crippen LogP contribution in [0.25, 0.3) is 16.6 Å². The topological polar surface area (TPSA) is 25.2 Å². The number of hydrogen-bond donors (Lipinski definition) is 1. The minimum absolute atomic E-state index is 0.233. The third kappa shape index (κ3) is 1.65. The average molecular weight is 227 g/mol. The summed E-state index contributed by atoms with van der Waals surface area (Å²) < 4.78 is 15.0. The van der Waals surface area contributed by atoms with Crippen LogP contribution in [0.1, 0.15) is 0 Å². The molecule has 3 rings (SSSR count). The van der Waals surface area contributed by atoms with E-state index in [1.54, 1.807) is 18.2 Å². The zero-order valence-electron chi connectivity index (χ0n) is 8.97. The fourth-order valence-electron chi connectivity index (χ4n) is 1.95. The quantitative estimate of drug-likeness (QED) is 0.676. The lowest BCUT2D eigenvalue weighted by molar-refractivity contribution is 0.475.